The number of carbonyl (C=O) groups is 2. The van der Waals surface area contributed by atoms with E-state index >= 15 is 0 Å². The zero-order valence-electron chi connectivity index (χ0n) is 22.3. The Morgan fingerprint density at radius 3 is 2.08 bits per heavy atom. The second-order valence-electron chi connectivity index (χ2n) is 9.52. The van der Waals surface area contributed by atoms with Crippen LogP contribution in [0.5, 0.6) is 0 Å². The van der Waals surface area contributed by atoms with Crippen LogP contribution in [-0.4, -0.2) is 50.0 Å². The summed E-state index contributed by atoms with van der Waals surface area (Å²) in [5, 5.41) is 3.74. The number of rotatable bonds is 12. The molecule has 204 valence electrons. The van der Waals surface area contributed by atoms with Crippen molar-refractivity contribution >= 4 is 50.7 Å². The molecule has 0 aliphatic rings. The van der Waals surface area contributed by atoms with Crippen molar-refractivity contribution in [1.29, 1.82) is 0 Å². The van der Waals surface area contributed by atoms with Crippen molar-refractivity contribution in [3.63, 3.8) is 0 Å². The molecule has 2 amide bonds. The van der Waals surface area contributed by atoms with E-state index in [4.69, 9.17) is 23.2 Å². The van der Waals surface area contributed by atoms with Gasteiger partial charge in [-0.05, 0) is 61.1 Å². The minimum absolute atomic E-state index is 0.0190. The standard InChI is InChI=1S/C27H37Cl2N3O4S/c1-7-19(5)30-27(34)25(8-2)31(16-21-9-12-22(28)15-24(21)29)26(33)17-32(37(6,35)36)23-13-10-20(11-14-23)18(3)4/h9-15,18-19,25H,7-8,16-17H2,1-6H3,(H,30,34). The summed E-state index contributed by atoms with van der Waals surface area (Å²) in [5.41, 5.74) is 2.03. The number of nitrogens with one attached hydrogen (secondary N) is 1. The average Bonchev–Trinajstić information content (AvgIpc) is 2.82. The van der Waals surface area contributed by atoms with Gasteiger partial charge in [-0.25, -0.2) is 8.42 Å². The van der Waals surface area contributed by atoms with Crippen LogP contribution in [-0.2, 0) is 26.2 Å². The molecule has 1 N–H and O–H groups in total. The lowest BCUT2D eigenvalue weighted by Gasteiger charge is -2.33. The highest BCUT2D eigenvalue weighted by atomic mass is 35.5. The maximum atomic E-state index is 13.8. The summed E-state index contributed by atoms with van der Waals surface area (Å²) in [6, 6.07) is 11.1. The number of halogens is 2. The molecule has 2 rings (SSSR count). The van der Waals surface area contributed by atoms with E-state index in [1.54, 1.807) is 30.3 Å². The zero-order valence-corrected chi connectivity index (χ0v) is 24.6. The normalized spacial score (nSPS) is 13.2. The van der Waals surface area contributed by atoms with Gasteiger partial charge in [0.25, 0.3) is 0 Å². The van der Waals surface area contributed by atoms with Crippen molar-refractivity contribution in [2.75, 3.05) is 17.1 Å². The van der Waals surface area contributed by atoms with Crippen LogP contribution in [0.25, 0.3) is 0 Å². The predicted molar refractivity (Wildman–Crippen MR) is 152 cm³/mol. The Morgan fingerprint density at radius 2 is 1.59 bits per heavy atom. The molecule has 7 nitrogen and oxygen atoms in total. The fourth-order valence-electron chi connectivity index (χ4n) is 3.83. The van der Waals surface area contributed by atoms with Crippen molar-refractivity contribution in [1.82, 2.24) is 10.2 Å². The molecule has 37 heavy (non-hydrogen) atoms. The number of amides is 2. The largest absolute Gasteiger partial charge is 0.352 e. The Labute approximate surface area is 231 Å². The summed E-state index contributed by atoms with van der Waals surface area (Å²) in [6.07, 6.45) is 2.12. The lowest BCUT2D eigenvalue weighted by atomic mass is 10.0. The number of benzene rings is 2. The number of nitrogens with zero attached hydrogens (tertiary/aromatic N) is 2. The molecule has 0 aromatic heterocycles. The molecule has 10 heteroatoms. The third kappa shape index (κ3) is 8.62. The molecule has 0 fully saturated rings. The van der Waals surface area contributed by atoms with E-state index in [1.165, 1.54) is 4.90 Å². The molecule has 0 aliphatic heterocycles. The predicted octanol–water partition coefficient (Wildman–Crippen LogP) is 5.60. The second-order valence-corrected chi connectivity index (χ2v) is 12.3. The lowest BCUT2D eigenvalue weighted by molar-refractivity contribution is -0.140. The van der Waals surface area contributed by atoms with Gasteiger partial charge >= 0.3 is 0 Å². The second kappa shape index (κ2) is 13.5. The van der Waals surface area contributed by atoms with Crippen LogP contribution in [0.1, 0.15) is 64.5 Å². The van der Waals surface area contributed by atoms with Crippen LogP contribution in [0, 0.1) is 0 Å². The average molecular weight is 571 g/mol. The van der Waals surface area contributed by atoms with E-state index in [0.717, 1.165) is 22.5 Å². The Balaban J connectivity index is 2.47. The first-order valence-corrected chi connectivity index (χ1v) is 15.0. The minimum atomic E-state index is -3.80. The Morgan fingerprint density at radius 1 is 0.973 bits per heavy atom. The summed E-state index contributed by atoms with van der Waals surface area (Å²) < 4.78 is 26.6. The van der Waals surface area contributed by atoms with Gasteiger partial charge in [-0.3, -0.25) is 13.9 Å². The van der Waals surface area contributed by atoms with Crippen molar-refractivity contribution in [3.8, 4) is 0 Å². The molecule has 2 atom stereocenters. The highest BCUT2D eigenvalue weighted by Gasteiger charge is 2.32. The SMILES string of the molecule is CCC(C)NC(=O)C(CC)N(Cc1ccc(Cl)cc1Cl)C(=O)CN(c1ccc(C(C)C)cc1)S(C)(=O)=O. The van der Waals surface area contributed by atoms with Gasteiger partial charge in [0, 0.05) is 22.6 Å². The molecule has 0 bridgehead atoms. The van der Waals surface area contributed by atoms with Gasteiger partial charge in [0.15, 0.2) is 0 Å². The number of hydrogen-bond donors (Lipinski definition) is 1. The van der Waals surface area contributed by atoms with Gasteiger partial charge in [-0.2, -0.15) is 0 Å². The third-order valence-corrected chi connectivity index (χ3v) is 8.00. The summed E-state index contributed by atoms with van der Waals surface area (Å²) in [6.45, 7) is 9.30. The maximum absolute atomic E-state index is 13.8. The van der Waals surface area contributed by atoms with Crippen molar-refractivity contribution in [2.24, 2.45) is 0 Å². The van der Waals surface area contributed by atoms with Crippen LogP contribution in [0.15, 0.2) is 42.5 Å². The first-order chi connectivity index (χ1) is 17.3. The van der Waals surface area contributed by atoms with Gasteiger partial charge in [0.1, 0.15) is 12.6 Å². The van der Waals surface area contributed by atoms with Crippen LogP contribution in [0.2, 0.25) is 10.0 Å². The molecule has 0 saturated heterocycles. The van der Waals surface area contributed by atoms with Crippen LogP contribution >= 0.6 is 23.2 Å². The fraction of sp³-hybridized carbons (Fsp3) is 0.481. The van der Waals surface area contributed by atoms with Gasteiger partial charge in [0.2, 0.25) is 21.8 Å². The summed E-state index contributed by atoms with van der Waals surface area (Å²) in [7, 11) is -3.80. The fourth-order valence-corrected chi connectivity index (χ4v) is 5.15. The Bertz CT molecular complexity index is 1190. The number of sulfonamides is 1. The molecule has 0 saturated carbocycles. The smallest absolute Gasteiger partial charge is 0.244 e. The summed E-state index contributed by atoms with van der Waals surface area (Å²) in [5.74, 6) is -0.547. The van der Waals surface area contributed by atoms with E-state index in [9.17, 15) is 18.0 Å². The van der Waals surface area contributed by atoms with Gasteiger partial charge in [-0.1, -0.05) is 69.1 Å². The van der Waals surface area contributed by atoms with Crippen LogP contribution < -0.4 is 9.62 Å². The number of hydrogen-bond acceptors (Lipinski definition) is 4. The quantitative estimate of drug-likeness (QED) is 0.360. The van der Waals surface area contributed by atoms with Crippen LogP contribution in [0.4, 0.5) is 5.69 Å². The van der Waals surface area contributed by atoms with Gasteiger partial charge < -0.3 is 10.2 Å². The molecule has 0 heterocycles. The van der Waals surface area contributed by atoms with E-state index in [1.807, 2.05) is 46.8 Å². The third-order valence-electron chi connectivity index (χ3n) is 6.27. The summed E-state index contributed by atoms with van der Waals surface area (Å²) in [4.78, 5) is 28.3. The summed E-state index contributed by atoms with van der Waals surface area (Å²) >= 11 is 12.4. The molecule has 0 radical (unpaired) electrons. The first kappa shape index (κ1) is 30.9. The van der Waals surface area contributed by atoms with Gasteiger partial charge in [0.05, 0.1) is 11.9 Å². The number of carbonyl (C=O) groups excluding carboxylic acids is 2. The van der Waals surface area contributed by atoms with E-state index in [0.29, 0.717) is 27.7 Å². The Kier molecular flexibility index (Phi) is 11.3. The molecule has 0 aliphatic carbocycles. The monoisotopic (exact) mass is 569 g/mol. The van der Waals surface area contributed by atoms with Crippen molar-refractivity contribution in [3.05, 3.63) is 63.6 Å². The zero-order chi connectivity index (χ0) is 27.9. The highest BCUT2D eigenvalue weighted by Crippen LogP contribution is 2.26. The van der Waals surface area contributed by atoms with Crippen LogP contribution in [0.3, 0.4) is 0 Å². The maximum Gasteiger partial charge on any atom is 0.244 e. The van der Waals surface area contributed by atoms with E-state index < -0.39 is 28.5 Å². The number of anilines is 1. The molecule has 2 aromatic rings. The van der Waals surface area contributed by atoms with E-state index in [-0.39, 0.29) is 24.4 Å². The minimum Gasteiger partial charge on any atom is -0.352 e. The molecule has 2 unspecified atom stereocenters. The topological polar surface area (TPSA) is 86.8 Å². The lowest BCUT2D eigenvalue weighted by Crippen LogP contribution is -2.53. The molecule has 2 aromatic carbocycles. The van der Waals surface area contributed by atoms with Gasteiger partial charge in [-0.15, -0.1) is 0 Å². The van der Waals surface area contributed by atoms with Crippen molar-refractivity contribution in [2.45, 2.75) is 72.0 Å². The Hall–Kier alpha value is -2.29. The highest BCUT2D eigenvalue weighted by molar-refractivity contribution is 7.92. The molecular formula is C27H37Cl2N3O4S. The van der Waals surface area contributed by atoms with Crippen molar-refractivity contribution < 1.29 is 18.0 Å². The first-order valence-electron chi connectivity index (χ1n) is 12.4. The molecule has 0 spiro atoms. The van der Waals surface area contributed by atoms with E-state index in [2.05, 4.69) is 5.32 Å². The molecular weight excluding hydrogens is 533 g/mol.